The Morgan fingerprint density at radius 1 is 1.00 bits per heavy atom. The minimum atomic E-state index is -0.0382. The second-order valence-corrected chi connectivity index (χ2v) is 7.14. The Balaban J connectivity index is 1.50. The molecule has 0 atom stereocenters. The van der Waals surface area contributed by atoms with Crippen molar-refractivity contribution >= 4 is 28.5 Å². The molecule has 0 aliphatic carbocycles. The van der Waals surface area contributed by atoms with Gasteiger partial charge in [0.2, 0.25) is 0 Å². The van der Waals surface area contributed by atoms with Crippen molar-refractivity contribution in [3.8, 4) is 0 Å². The fourth-order valence-electron chi connectivity index (χ4n) is 2.67. The van der Waals surface area contributed by atoms with Crippen LogP contribution in [0.2, 0.25) is 0 Å². The van der Waals surface area contributed by atoms with E-state index in [0.717, 1.165) is 42.0 Å². The van der Waals surface area contributed by atoms with Crippen molar-refractivity contribution in [2.75, 3.05) is 26.3 Å². The highest BCUT2D eigenvalue weighted by Crippen LogP contribution is 2.10. The van der Waals surface area contributed by atoms with E-state index in [4.69, 9.17) is 4.74 Å². The SMILES string of the molecule is O=C(NCc1ccc(CN2CCOCC2)cc1)c1ccc(I)cc1. The van der Waals surface area contributed by atoms with Crippen LogP contribution in [0, 0.1) is 3.57 Å². The number of carbonyl (C=O) groups excluding carboxylic acids is 1. The fourth-order valence-corrected chi connectivity index (χ4v) is 3.03. The van der Waals surface area contributed by atoms with Gasteiger partial charge in [0.25, 0.3) is 5.91 Å². The van der Waals surface area contributed by atoms with Crippen LogP contribution < -0.4 is 5.32 Å². The molecule has 0 aromatic heterocycles. The van der Waals surface area contributed by atoms with E-state index in [9.17, 15) is 4.79 Å². The highest BCUT2D eigenvalue weighted by Gasteiger charge is 2.10. The molecule has 126 valence electrons. The zero-order valence-electron chi connectivity index (χ0n) is 13.5. The number of rotatable bonds is 5. The van der Waals surface area contributed by atoms with Crippen molar-refractivity contribution in [2.24, 2.45) is 0 Å². The van der Waals surface area contributed by atoms with Gasteiger partial charge in [-0.3, -0.25) is 9.69 Å². The van der Waals surface area contributed by atoms with Crippen LogP contribution in [0.3, 0.4) is 0 Å². The lowest BCUT2D eigenvalue weighted by Gasteiger charge is -2.26. The second kappa shape index (κ2) is 8.60. The average molecular weight is 436 g/mol. The van der Waals surface area contributed by atoms with Crippen LogP contribution in [0.5, 0.6) is 0 Å². The first kappa shape index (κ1) is 17.4. The summed E-state index contributed by atoms with van der Waals surface area (Å²) < 4.78 is 6.50. The van der Waals surface area contributed by atoms with Gasteiger partial charge >= 0.3 is 0 Å². The third kappa shape index (κ3) is 5.03. The van der Waals surface area contributed by atoms with Crippen LogP contribution in [-0.2, 0) is 17.8 Å². The topological polar surface area (TPSA) is 41.6 Å². The highest BCUT2D eigenvalue weighted by molar-refractivity contribution is 14.1. The molecule has 24 heavy (non-hydrogen) atoms. The molecule has 0 unspecified atom stereocenters. The molecule has 1 aliphatic rings. The Kier molecular flexibility index (Phi) is 6.23. The number of morpholine rings is 1. The van der Waals surface area contributed by atoms with Gasteiger partial charge in [-0.1, -0.05) is 24.3 Å². The summed E-state index contributed by atoms with van der Waals surface area (Å²) in [7, 11) is 0. The maximum Gasteiger partial charge on any atom is 0.251 e. The Labute approximate surface area is 156 Å². The average Bonchev–Trinajstić information content (AvgIpc) is 2.62. The molecule has 0 radical (unpaired) electrons. The van der Waals surface area contributed by atoms with Crippen LogP contribution in [0.1, 0.15) is 21.5 Å². The van der Waals surface area contributed by atoms with Gasteiger partial charge in [0.15, 0.2) is 0 Å². The molecule has 0 saturated carbocycles. The molecule has 1 amide bonds. The molecular weight excluding hydrogens is 415 g/mol. The van der Waals surface area contributed by atoms with Crippen LogP contribution in [-0.4, -0.2) is 37.1 Å². The lowest BCUT2D eigenvalue weighted by molar-refractivity contribution is 0.0342. The summed E-state index contributed by atoms with van der Waals surface area (Å²) in [6.45, 7) is 5.13. The molecule has 4 nitrogen and oxygen atoms in total. The molecule has 1 N–H and O–H groups in total. The number of benzene rings is 2. The Morgan fingerprint density at radius 3 is 2.29 bits per heavy atom. The third-order valence-corrected chi connectivity index (χ3v) is 4.81. The van der Waals surface area contributed by atoms with Crippen LogP contribution in [0.15, 0.2) is 48.5 Å². The van der Waals surface area contributed by atoms with Gasteiger partial charge in [0, 0.05) is 35.3 Å². The monoisotopic (exact) mass is 436 g/mol. The van der Waals surface area contributed by atoms with E-state index in [2.05, 4.69) is 57.1 Å². The first-order valence-electron chi connectivity index (χ1n) is 8.12. The molecule has 1 aliphatic heterocycles. The van der Waals surface area contributed by atoms with Crippen molar-refractivity contribution in [3.63, 3.8) is 0 Å². The molecule has 2 aromatic carbocycles. The van der Waals surface area contributed by atoms with E-state index in [1.54, 1.807) is 0 Å². The number of halogens is 1. The molecule has 2 aromatic rings. The van der Waals surface area contributed by atoms with Crippen molar-refractivity contribution in [1.29, 1.82) is 0 Å². The van der Waals surface area contributed by atoms with Gasteiger partial charge in [0.1, 0.15) is 0 Å². The molecule has 1 fully saturated rings. The summed E-state index contributed by atoms with van der Waals surface area (Å²) in [6.07, 6.45) is 0. The summed E-state index contributed by atoms with van der Waals surface area (Å²) >= 11 is 2.23. The Bertz CT molecular complexity index is 665. The number of nitrogens with one attached hydrogen (secondary N) is 1. The first-order valence-corrected chi connectivity index (χ1v) is 9.20. The molecular formula is C19H21IN2O2. The first-order chi connectivity index (χ1) is 11.7. The standard InChI is InChI=1S/C19H21IN2O2/c20-18-7-5-17(6-8-18)19(23)21-13-15-1-3-16(4-2-15)14-22-9-11-24-12-10-22/h1-8H,9-14H2,(H,21,23). The van der Waals surface area contributed by atoms with E-state index >= 15 is 0 Å². The number of hydrogen-bond donors (Lipinski definition) is 1. The predicted molar refractivity (Wildman–Crippen MR) is 103 cm³/mol. The molecule has 1 saturated heterocycles. The van der Waals surface area contributed by atoms with E-state index in [0.29, 0.717) is 12.1 Å². The second-order valence-electron chi connectivity index (χ2n) is 5.89. The zero-order valence-corrected chi connectivity index (χ0v) is 15.7. The number of carbonyl (C=O) groups is 1. The largest absolute Gasteiger partial charge is 0.379 e. The fraction of sp³-hybridized carbons (Fsp3) is 0.316. The summed E-state index contributed by atoms with van der Waals surface area (Å²) in [4.78, 5) is 14.5. The van der Waals surface area contributed by atoms with E-state index in [1.165, 1.54) is 5.56 Å². The minimum Gasteiger partial charge on any atom is -0.379 e. The zero-order chi connectivity index (χ0) is 16.8. The quantitative estimate of drug-likeness (QED) is 0.733. The van der Waals surface area contributed by atoms with E-state index < -0.39 is 0 Å². The third-order valence-electron chi connectivity index (χ3n) is 4.09. The molecule has 5 heteroatoms. The molecule has 1 heterocycles. The maximum absolute atomic E-state index is 12.1. The Hall–Kier alpha value is -1.44. The Morgan fingerprint density at radius 2 is 1.62 bits per heavy atom. The van der Waals surface area contributed by atoms with Crippen molar-refractivity contribution in [2.45, 2.75) is 13.1 Å². The van der Waals surface area contributed by atoms with Gasteiger partial charge < -0.3 is 10.1 Å². The molecule has 3 rings (SSSR count). The predicted octanol–water partition coefficient (Wildman–Crippen LogP) is 3.05. The maximum atomic E-state index is 12.1. The van der Waals surface area contributed by atoms with Gasteiger partial charge in [-0.05, 0) is 58.0 Å². The summed E-state index contributed by atoms with van der Waals surface area (Å²) in [6, 6.07) is 16.0. The highest BCUT2D eigenvalue weighted by atomic mass is 127. The molecule has 0 spiro atoms. The van der Waals surface area contributed by atoms with Gasteiger partial charge in [-0.15, -0.1) is 0 Å². The molecule has 0 bridgehead atoms. The normalized spacial score (nSPS) is 15.2. The number of amides is 1. The van der Waals surface area contributed by atoms with Gasteiger partial charge in [0.05, 0.1) is 13.2 Å². The summed E-state index contributed by atoms with van der Waals surface area (Å²) in [5.74, 6) is -0.0382. The number of nitrogens with zero attached hydrogens (tertiary/aromatic N) is 1. The van der Waals surface area contributed by atoms with Crippen LogP contribution in [0.4, 0.5) is 0 Å². The van der Waals surface area contributed by atoms with E-state index in [-0.39, 0.29) is 5.91 Å². The number of ether oxygens (including phenoxy) is 1. The lowest BCUT2D eigenvalue weighted by Crippen LogP contribution is -2.35. The van der Waals surface area contributed by atoms with Crippen molar-refractivity contribution < 1.29 is 9.53 Å². The van der Waals surface area contributed by atoms with Gasteiger partial charge in [-0.25, -0.2) is 0 Å². The summed E-state index contributed by atoms with van der Waals surface area (Å²) in [5.41, 5.74) is 3.10. The van der Waals surface area contributed by atoms with Crippen molar-refractivity contribution in [3.05, 3.63) is 68.8 Å². The summed E-state index contributed by atoms with van der Waals surface area (Å²) in [5, 5.41) is 2.97. The smallest absolute Gasteiger partial charge is 0.251 e. The van der Waals surface area contributed by atoms with Crippen molar-refractivity contribution in [1.82, 2.24) is 10.2 Å². The van der Waals surface area contributed by atoms with E-state index in [1.807, 2.05) is 24.3 Å². The van der Waals surface area contributed by atoms with Crippen LogP contribution >= 0.6 is 22.6 Å². The lowest BCUT2D eigenvalue weighted by atomic mass is 10.1. The number of hydrogen-bond acceptors (Lipinski definition) is 3. The minimum absolute atomic E-state index is 0.0382. The van der Waals surface area contributed by atoms with Gasteiger partial charge in [-0.2, -0.15) is 0 Å². The van der Waals surface area contributed by atoms with Crippen LogP contribution in [0.25, 0.3) is 0 Å².